The van der Waals surface area contributed by atoms with Gasteiger partial charge >= 0.3 is 5.97 Å². The lowest BCUT2D eigenvalue weighted by molar-refractivity contribution is -0.205. The van der Waals surface area contributed by atoms with Crippen LogP contribution in [0.4, 0.5) is 0 Å². The molecule has 3 N–H and O–H groups in total. The molecular formula is C35H50N2O5S. The predicted molar refractivity (Wildman–Crippen MR) is 169 cm³/mol. The van der Waals surface area contributed by atoms with Crippen LogP contribution in [0.5, 0.6) is 0 Å². The number of benzene rings is 1. The maximum Gasteiger partial charge on any atom is 0.316 e. The maximum atomic E-state index is 13.6. The lowest BCUT2D eigenvalue weighted by Gasteiger charge is -2.61. The largest absolute Gasteiger partial charge is 0.461 e. The van der Waals surface area contributed by atoms with Gasteiger partial charge in [0.05, 0.1) is 17.9 Å². The number of ketones is 1. The Morgan fingerprint density at radius 2 is 2.00 bits per heavy atom. The van der Waals surface area contributed by atoms with E-state index in [4.69, 9.17) is 4.74 Å². The van der Waals surface area contributed by atoms with Crippen LogP contribution in [0, 0.1) is 34.0 Å². The highest BCUT2D eigenvalue weighted by Gasteiger charge is 2.68. The molecule has 7 nitrogen and oxygen atoms in total. The van der Waals surface area contributed by atoms with E-state index in [1.807, 2.05) is 37.3 Å². The predicted octanol–water partition coefficient (Wildman–Crippen LogP) is 5.44. The summed E-state index contributed by atoms with van der Waals surface area (Å²) in [5.74, 6) is 0.0181. The van der Waals surface area contributed by atoms with Crippen LogP contribution in [0.1, 0.15) is 84.6 Å². The molecule has 0 spiro atoms. The van der Waals surface area contributed by atoms with E-state index in [2.05, 4.69) is 38.0 Å². The third-order valence-electron chi connectivity index (χ3n) is 11.9. The first-order valence-corrected chi connectivity index (χ1v) is 17.2. The molecule has 43 heavy (non-hydrogen) atoms. The molecule has 236 valence electrons. The van der Waals surface area contributed by atoms with Crippen LogP contribution >= 0.6 is 11.8 Å². The van der Waals surface area contributed by atoms with Crippen LogP contribution in [-0.2, 0) is 25.7 Å². The van der Waals surface area contributed by atoms with Crippen molar-refractivity contribution in [2.75, 3.05) is 12.3 Å². The van der Waals surface area contributed by atoms with E-state index in [0.29, 0.717) is 19.4 Å². The summed E-state index contributed by atoms with van der Waals surface area (Å²) in [6.07, 6.45) is 7.29. The van der Waals surface area contributed by atoms with Gasteiger partial charge in [0.2, 0.25) is 5.91 Å². The van der Waals surface area contributed by atoms with Crippen molar-refractivity contribution in [3.05, 3.63) is 42.5 Å². The normalized spacial score (nSPS) is 39.2. The number of ether oxygens (including phenoxy) is 1. The SMILES string of the molecule is C=C[C@]1(C)C[C@@H](OC(=O)CSc2cccc(CNC(=O)[C@H]3CCCCN3)c2)[C@]2(C)[C@H](C)CC[C@]3(CCC(=O)[C@H]32)[C@@H](C)[C@@H]1O. The molecule has 0 radical (unpaired) electrons. The number of aliphatic hydroxyl groups is 1. The second-order valence-corrected chi connectivity index (χ2v) is 15.3. The Morgan fingerprint density at radius 1 is 1.21 bits per heavy atom. The molecule has 1 aromatic rings. The lowest BCUT2D eigenvalue weighted by Crippen LogP contribution is -2.63. The molecule has 1 amide bonds. The van der Waals surface area contributed by atoms with Gasteiger partial charge < -0.3 is 20.5 Å². The zero-order valence-electron chi connectivity index (χ0n) is 26.3. The minimum Gasteiger partial charge on any atom is -0.461 e. The average Bonchev–Trinajstić information content (AvgIpc) is 3.37. The Morgan fingerprint density at radius 3 is 2.72 bits per heavy atom. The molecule has 4 fully saturated rings. The van der Waals surface area contributed by atoms with Gasteiger partial charge in [-0.15, -0.1) is 18.3 Å². The van der Waals surface area contributed by atoms with Crippen molar-refractivity contribution >= 4 is 29.4 Å². The quantitative estimate of drug-likeness (QED) is 0.204. The van der Waals surface area contributed by atoms with Gasteiger partial charge in [-0.05, 0) is 80.0 Å². The maximum absolute atomic E-state index is 13.6. The molecule has 0 aromatic heterocycles. The first-order chi connectivity index (χ1) is 20.4. The molecule has 3 saturated carbocycles. The Kier molecular flexibility index (Phi) is 9.51. The van der Waals surface area contributed by atoms with Gasteiger partial charge in [0.1, 0.15) is 11.9 Å². The molecule has 9 atom stereocenters. The number of esters is 1. The number of nitrogens with one attached hydrogen (secondary N) is 2. The second-order valence-electron chi connectivity index (χ2n) is 14.2. The van der Waals surface area contributed by atoms with Crippen LogP contribution in [-0.4, -0.2) is 53.3 Å². The number of carbonyl (C=O) groups excluding carboxylic acids is 3. The molecule has 8 heteroatoms. The average molecular weight is 611 g/mol. The van der Waals surface area contributed by atoms with Crippen molar-refractivity contribution < 1.29 is 24.2 Å². The van der Waals surface area contributed by atoms with Gasteiger partial charge in [-0.25, -0.2) is 0 Å². The third-order valence-corrected chi connectivity index (χ3v) is 12.9. The number of piperidine rings is 1. The van der Waals surface area contributed by atoms with Crippen LogP contribution in [0.15, 0.2) is 41.8 Å². The van der Waals surface area contributed by atoms with Crippen molar-refractivity contribution in [2.24, 2.45) is 34.0 Å². The van der Waals surface area contributed by atoms with E-state index in [9.17, 15) is 19.5 Å². The topological polar surface area (TPSA) is 105 Å². The van der Waals surface area contributed by atoms with Crippen molar-refractivity contribution in [3.8, 4) is 0 Å². The molecule has 1 heterocycles. The molecule has 1 aromatic carbocycles. The fourth-order valence-electron chi connectivity index (χ4n) is 8.97. The summed E-state index contributed by atoms with van der Waals surface area (Å²) in [7, 11) is 0. The highest BCUT2D eigenvalue weighted by molar-refractivity contribution is 8.00. The Bertz CT molecular complexity index is 1230. The van der Waals surface area contributed by atoms with E-state index in [0.717, 1.165) is 55.5 Å². The van der Waals surface area contributed by atoms with Gasteiger partial charge in [0.15, 0.2) is 0 Å². The lowest BCUT2D eigenvalue weighted by atomic mass is 9.44. The van der Waals surface area contributed by atoms with Crippen molar-refractivity contribution in [1.29, 1.82) is 0 Å². The summed E-state index contributed by atoms with van der Waals surface area (Å²) in [5.41, 5.74) is -0.473. The van der Waals surface area contributed by atoms with Crippen molar-refractivity contribution in [1.82, 2.24) is 10.6 Å². The smallest absolute Gasteiger partial charge is 0.316 e. The van der Waals surface area contributed by atoms with E-state index in [1.54, 1.807) is 0 Å². The number of hydrogen-bond donors (Lipinski definition) is 3. The van der Waals surface area contributed by atoms with Crippen molar-refractivity contribution in [3.63, 3.8) is 0 Å². The van der Waals surface area contributed by atoms with Crippen molar-refractivity contribution in [2.45, 2.75) is 109 Å². The molecule has 5 rings (SSSR count). The number of hydrogen-bond acceptors (Lipinski definition) is 7. The number of aliphatic hydroxyl groups excluding tert-OH is 1. The number of amides is 1. The molecule has 2 bridgehead atoms. The zero-order chi connectivity index (χ0) is 31.0. The minimum atomic E-state index is -0.677. The summed E-state index contributed by atoms with van der Waals surface area (Å²) in [5, 5.41) is 18.0. The highest BCUT2D eigenvalue weighted by atomic mass is 32.2. The number of Topliss-reactive ketones (excluding diaryl/α,β-unsaturated/α-hetero) is 1. The summed E-state index contributed by atoms with van der Waals surface area (Å²) in [6, 6.07) is 7.76. The summed E-state index contributed by atoms with van der Waals surface area (Å²) in [4.78, 5) is 40.6. The highest BCUT2D eigenvalue weighted by Crippen LogP contribution is 2.68. The summed E-state index contributed by atoms with van der Waals surface area (Å²) < 4.78 is 6.38. The summed E-state index contributed by atoms with van der Waals surface area (Å²) >= 11 is 1.42. The van der Waals surface area contributed by atoms with Gasteiger partial charge in [-0.3, -0.25) is 14.4 Å². The van der Waals surface area contributed by atoms with Crippen LogP contribution < -0.4 is 10.6 Å². The fourth-order valence-corrected chi connectivity index (χ4v) is 9.73. The van der Waals surface area contributed by atoms with E-state index < -0.39 is 23.0 Å². The van der Waals surface area contributed by atoms with Gasteiger partial charge in [0, 0.05) is 34.6 Å². The molecule has 4 aliphatic rings. The van der Waals surface area contributed by atoms with Gasteiger partial charge in [-0.2, -0.15) is 0 Å². The zero-order valence-corrected chi connectivity index (χ0v) is 27.1. The first-order valence-electron chi connectivity index (χ1n) is 16.2. The number of thioether (sulfide) groups is 1. The van der Waals surface area contributed by atoms with E-state index in [1.165, 1.54) is 11.8 Å². The van der Waals surface area contributed by atoms with Gasteiger partial charge in [-0.1, -0.05) is 52.3 Å². The fraction of sp³-hybridized carbons (Fsp3) is 0.686. The molecule has 1 saturated heterocycles. The van der Waals surface area contributed by atoms with Crippen LogP contribution in [0.25, 0.3) is 0 Å². The number of carbonyl (C=O) groups is 3. The third kappa shape index (κ3) is 5.96. The monoisotopic (exact) mass is 610 g/mol. The first kappa shape index (κ1) is 32.2. The second kappa shape index (κ2) is 12.7. The Balaban J connectivity index is 1.29. The van der Waals surface area contributed by atoms with E-state index >= 15 is 0 Å². The van der Waals surface area contributed by atoms with E-state index in [-0.39, 0.29) is 52.6 Å². The number of rotatable bonds is 8. The standard InChI is InChI=1S/C35H50N2O5S/c1-6-33(4)19-28(34(5)22(2)13-15-35(23(3)31(33)40)16-14-27(38)30(34)35)42-29(39)21-43-25-11-9-10-24(18-25)20-37-32(41)26-12-7-8-17-36-26/h6,9-11,18,22-23,26,28,30-31,36,40H,1,7-8,12-17,19-21H2,2-5H3,(H,37,41)/t22-,23+,26-,28-,30+,31+,33-,34+,35+/m1/s1. The molecule has 0 unspecified atom stereocenters. The van der Waals surface area contributed by atoms with Crippen LogP contribution in [0.2, 0.25) is 0 Å². The molecule has 3 aliphatic carbocycles. The van der Waals surface area contributed by atoms with Crippen LogP contribution in [0.3, 0.4) is 0 Å². The molecular weight excluding hydrogens is 560 g/mol. The molecule has 1 aliphatic heterocycles. The summed E-state index contributed by atoms with van der Waals surface area (Å²) in [6.45, 7) is 13.9. The Labute approximate surface area is 261 Å². The minimum absolute atomic E-state index is 0.0294. The van der Waals surface area contributed by atoms with Gasteiger partial charge in [0.25, 0.3) is 0 Å². The Hall–Kier alpha value is -2.16.